The number of ether oxygens (including phenoxy) is 1. The van der Waals surface area contributed by atoms with Crippen molar-refractivity contribution in [3.63, 3.8) is 0 Å². The maximum Gasteiger partial charge on any atom is 0.0908 e. The van der Waals surface area contributed by atoms with Crippen molar-refractivity contribution in [2.24, 2.45) is 5.92 Å². The maximum absolute atomic E-state index is 4.76. The van der Waals surface area contributed by atoms with E-state index < -0.39 is 0 Å². The van der Waals surface area contributed by atoms with E-state index in [1.807, 2.05) is 6.08 Å². The summed E-state index contributed by atoms with van der Waals surface area (Å²) >= 11 is 0. The summed E-state index contributed by atoms with van der Waals surface area (Å²) in [5.41, 5.74) is 0. The van der Waals surface area contributed by atoms with Gasteiger partial charge in [-0.1, -0.05) is 0 Å². The van der Waals surface area contributed by atoms with Crippen LogP contribution in [0.5, 0.6) is 0 Å². The summed E-state index contributed by atoms with van der Waals surface area (Å²) in [6, 6.07) is 0. The first-order chi connectivity index (χ1) is 6.45. The quantitative estimate of drug-likeness (QED) is 0.567. The molecule has 4 heterocycles. The smallest absolute Gasteiger partial charge is 0.0908 e. The summed E-state index contributed by atoms with van der Waals surface area (Å²) in [6.45, 7) is 5.07. The van der Waals surface area contributed by atoms with E-state index in [0.717, 1.165) is 18.9 Å². The van der Waals surface area contributed by atoms with Crippen molar-refractivity contribution in [3.8, 4) is 0 Å². The average molecular weight is 181 g/mol. The maximum atomic E-state index is 4.76. The van der Waals surface area contributed by atoms with Crippen LogP contribution in [0.25, 0.3) is 0 Å². The lowest BCUT2D eigenvalue weighted by Crippen LogP contribution is -2.41. The van der Waals surface area contributed by atoms with E-state index in [-0.39, 0.29) is 0 Å². The number of nitrogens with zero attached hydrogens (tertiary/aromatic N) is 1. The number of hydrogen-bond donors (Lipinski definition) is 0. The normalized spacial score (nSPS) is 35.1. The molecule has 0 aromatic heterocycles. The molecule has 4 rings (SSSR count). The molecule has 0 spiro atoms. The lowest BCUT2D eigenvalue weighted by Gasteiger charge is -2.38. The van der Waals surface area contributed by atoms with Crippen LogP contribution in [0.1, 0.15) is 25.7 Å². The molecule has 2 nitrogen and oxygen atoms in total. The summed E-state index contributed by atoms with van der Waals surface area (Å²) in [4.78, 5) is 2.58. The van der Waals surface area contributed by atoms with Crippen LogP contribution >= 0.6 is 0 Å². The molecule has 3 saturated heterocycles. The van der Waals surface area contributed by atoms with Crippen molar-refractivity contribution in [1.29, 1.82) is 0 Å². The van der Waals surface area contributed by atoms with E-state index in [4.69, 9.17) is 4.74 Å². The van der Waals surface area contributed by atoms with E-state index in [0.29, 0.717) is 0 Å². The predicted molar refractivity (Wildman–Crippen MR) is 53.5 cm³/mol. The van der Waals surface area contributed by atoms with E-state index in [9.17, 15) is 0 Å². The Morgan fingerprint density at radius 3 is 1.92 bits per heavy atom. The largest absolute Gasteiger partial charge is 0.501 e. The van der Waals surface area contributed by atoms with Gasteiger partial charge in [0.25, 0.3) is 0 Å². The monoisotopic (exact) mass is 181 g/mol. The van der Waals surface area contributed by atoms with Gasteiger partial charge < -0.3 is 9.64 Å². The van der Waals surface area contributed by atoms with Gasteiger partial charge in [-0.2, -0.15) is 0 Å². The lowest BCUT2D eigenvalue weighted by molar-refractivity contribution is 0.111. The summed E-state index contributed by atoms with van der Waals surface area (Å²) < 4.78 is 4.76. The van der Waals surface area contributed by atoms with Crippen LogP contribution in [0.3, 0.4) is 0 Å². The molecule has 2 heteroatoms. The summed E-state index contributed by atoms with van der Waals surface area (Å²) in [6.07, 6.45) is 9.31. The molecule has 0 aromatic rings. The molecule has 4 aliphatic rings. The second-order valence-electron chi connectivity index (χ2n) is 4.10. The van der Waals surface area contributed by atoms with Crippen LogP contribution in [-0.2, 0) is 4.74 Å². The van der Waals surface area contributed by atoms with Gasteiger partial charge in [0.2, 0.25) is 0 Å². The van der Waals surface area contributed by atoms with Gasteiger partial charge in [-0.05, 0) is 50.9 Å². The third kappa shape index (κ3) is 2.73. The highest BCUT2D eigenvalue weighted by Crippen LogP contribution is 2.26. The SMILES string of the molecule is C1=COCC1.C1CN2CCC1CC2. The highest BCUT2D eigenvalue weighted by Gasteiger charge is 2.24. The van der Waals surface area contributed by atoms with Gasteiger partial charge in [0, 0.05) is 6.42 Å². The van der Waals surface area contributed by atoms with Crippen molar-refractivity contribution in [2.75, 3.05) is 26.2 Å². The van der Waals surface area contributed by atoms with E-state index in [1.54, 1.807) is 6.26 Å². The van der Waals surface area contributed by atoms with Crippen molar-refractivity contribution in [2.45, 2.75) is 25.7 Å². The zero-order valence-electron chi connectivity index (χ0n) is 8.24. The molecule has 4 aliphatic heterocycles. The van der Waals surface area contributed by atoms with Crippen molar-refractivity contribution >= 4 is 0 Å². The van der Waals surface area contributed by atoms with E-state index >= 15 is 0 Å². The Bertz CT molecular complexity index is 142. The molecule has 0 amide bonds. The molecule has 74 valence electrons. The van der Waals surface area contributed by atoms with Crippen LogP contribution in [0.2, 0.25) is 0 Å². The number of rotatable bonds is 0. The Labute approximate surface area is 80.6 Å². The zero-order chi connectivity index (χ0) is 8.93. The lowest BCUT2D eigenvalue weighted by atomic mass is 9.89. The molecule has 2 bridgehead atoms. The molecule has 0 N–H and O–H groups in total. The van der Waals surface area contributed by atoms with Gasteiger partial charge in [0.1, 0.15) is 0 Å². The highest BCUT2D eigenvalue weighted by atomic mass is 16.5. The Morgan fingerprint density at radius 2 is 1.77 bits per heavy atom. The van der Waals surface area contributed by atoms with Crippen molar-refractivity contribution in [1.82, 2.24) is 4.90 Å². The zero-order valence-corrected chi connectivity index (χ0v) is 8.24. The van der Waals surface area contributed by atoms with Crippen LogP contribution in [0.4, 0.5) is 0 Å². The molecule has 0 aromatic carbocycles. The Hall–Kier alpha value is -0.500. The van der Waals surface area contributed by atoms with Gasteiger partial charge in [-0.3, -0.25) is 0 Å². The Balaban J connectivity index is 0.000000113. The van der Waals surface area contributed by atoms with Gasteiger partial charge in [-0.15, -0.1) is 0 Å². The minimum absolute atomic E-state index is 0.889. The second kappa shape index (κ2) is 4.66. The fourth-order valence-electron chi connectivity index (χ4n) is 2.20. The van der Waals surface area contributed by atoms with Gasteiger partial charge >= 0.3 is 0 Å². The minimum Gasteiger partial charge on any atom is -0.501 e. The molecular formula is C11H19NO. The van der Waals surface area contributed by atoms with Crippen molar-refractivity contribution in [3.05, 3.63) is 12.3 Å². The molecule has 0 radical (unpaired) electrons. The van der Waals surface area contributed by atoms with Crippen molar-refractivity contribution < 1.29 is 4.74 Å². The second-order valence-corrected chi connectivity index (χ2v) is 4.10. The van der Waals surface area contributed by atoms with E-state index in [1.165, 1.54) is 38.9 Å². The number of piperidine rings is 3. The predicted octanol–water partition coefficient (Wildman–Crippen LogP) is 2.02. The fourth-order valence-corrected chi connectivity index (χ4v) is 2.20. The van der Waals surface area contributed by atoms with Crippen LogP contribution in [0, 0.1) is 5.92 Å². The van der Waals surface area contributed by atoms with E-state index in [2.05, 4.69) is 4.90 Å². The molecule has 13 heavy (non-hydrogen) atoms. The van der Waals surface area contributed by atoms with Crippen LogP contribution < -0.4 is 0 Å². The van der Waals surface area contributed by atoms with Gasteiger partial charge in [0.15, 0.2) is 0 Å². The standard InChI is InChI=1S/C7H13N.C4H6O/c1-4-8-5-2-7(1)3-6-8;1-2-4-5-3-1/h7H,1-6H2;1,3H,2,4H2. The summed E-state index contributed by atoms with van der Waals surface area (Å²) in [7, 11) is 0. The topological polar surface area (TPSA) is 12.5 Å². The Morgan fingerprint density at radius 1 is 1.08 bits per heavy atom. The molecular weight excluding hydrogens is 162 g/mol. The first-order valence-corrected chi connectivity index (χ1v) is 5.44. The van der Waals surface area contributed by atoms with Crippen LogP contribution in [0.15, 0.2) is 12.3 Å². The number of fused-ring (bicyclic) bond motifs is 3. The average Bonchev–Trinajstić information content (AvgIpc) is 2.79. The number of hydrogen-bond acceptors (Lipinski definition) is 2. The fraction of sp³-hybridized carbons (Fsp3) is 0.818. The molecule has 0 saturated carbocycles. The first-order valence-electron chi connectivity index (χ1n) is 5.44. The Kier molecular flexibility index (Phi) is 3.25. The molecule has 0 unspecified atom stereocenters. The molecule has 3 fully saturated rings. The molecule has 0 aliphatic carbocycles. The highest BCUT2D eigenvalue weighted by molar-refractivity contribution is 4.79. The summed E-state index contributed by atoms with van der Waals surface area (Å²) in [5.74, 6) is 1.11. The van der Waals surface area contributed by atoms with Gasteiger partial charge in [0.05, 0.1) is 12.9 Å². The van der Waals surface area contributed by atoms with Crippen LogP contribution in [-0.4, -0.2) is 31.1 Å². The third-order valence-corrected chi connectivity index (χ3v) is 3.16. The third-order valence-electron chi connectivity index (χ3n) is 3.16. The van der Waals surface area contributed by atoms with Gasteiger partial charge in [-0.25, -0.2) is 0 Å². The molecule has 0 atom stereocenters. The summed E-state index contributed by atoms with van der Waals surface area (Å²) in [5, 5.41) is 0. The minimum atomic E-state index is 0.889. The first kappa shape index (κ1) is 9.07.